The van der Waals surface area contributed by atoms with Crippen molar-refractivity contribution in [2.75, 3.05) is 0 Å². The summed E-state index contributed by atoms with van der Waals surface area (Å²) in [5, 5.41) is 9.00. The summed E-state index contributed by atoms with van der Waals surface area (Å²) in [7, 11) is 1.89. The maximum absolute atomic E-state index is 13.3. The number of carbonyl (C=O) groups is 1. The number of hydrogen-bond donors (Lipinski definition) is 0. The third-order valence-electron chi connectivity index (χ3n) is 7.05. The van der Waals surface area contributed by atoms with Gasteiger partial charge >= 0.3 is 0 Å². The number of aromatic nitrogens is 3. The third kappa shape index (κ3) is 2.16. The van der Waals surface area contributed by atoms with Crippen molar-refractivity contribution in [3.05, 3.63) is 70.4 Å². The number of hydrogen-bond acceptors (Lipinski definition) is 4. The van der Waals surface area contributed by atoms with E-state index in [1.807, 2.05) is 43.6 Å². The lowest BCUT2D eigenvalue weighted by Gasteiger charge is -2.51. The van der Waals surface area contributed by atoms with Crippen molar-refractivity contribution in [2.45, 2.75) is 50.9 Å². The number of aryl methyl sites for hydroxylation is 1. The molecule has 0 bridgehead atoms. The Bertz CT molecular complexity index is 1080. The van der Waals surface area contributed by atoms with Gasteiger partial charge in [0.05, 0.1) is 11.9 Å². The highest BCUT2D eigenvalue weighted by atomic mass is 16.5. The minimum absolute atomic E-state index is 0.0552. The fourth-order valence-corrected chi connectivity index (χ4v) is 5.88. The molecule has 2 aliphatic carbocycles. The van der Waals surface area contributed by atoms with Crippen LogP contribution in [0, 0.1) is 5.92 Å². The minimum Gasteiger partial charge on any atom is -0.361 e. The summed E-state index contributed by atoms with van der Waals surface area (Å²) in [6, 6.07) is 9.50. The molecule has 2 heterocycles. The van der Waals surface area contributed by atoms with Gasteiger partial charge in [-0.1, -0.05) is 56.3 Å². The van der Waals surface area contributed by atoms with Crippen LogP contribution in [0.4, 0.5) is 0 Å². The fraction of sp³-hybridized carbons (Fsp3) is 0.435. The Labute approximate surface area is 164 Å². The van der Waals surface area contributed by atoms with Crippen molar-refractivity contribution in [1.82, 2.24) is 14.9 Å². The summed E-state index contributed by atoms with van der Waals surface area (Å²) >= 11 is 0. The normalized spacial score (nSPS) is 24.9. The number of rotatable bonds is 2. The molecule has 144 valence electrons. The van der Waals surface area contributed by atoms with E-state index in [-0.39, 0.29) is 16.6 Å². The predicted molar refractivity (Wildman–Crippen MR) is 105 cm³/mol. The van der Waals surface area contributed by atoms with Crippen LogP contribution in [-0.2, 0) is 30.7 Å². The summed E-state index contributed by atoms with van der Waals surface area (Å²) in [6.07, 6.45) is 4.58. The van der Waals surface area contributed by atoms with E-state index in [1.54, 1.807) is 4.68 Å². The van der Waals surface area contributed by atoms with Gasteiger partial charge in [0.1, 0.15) is 11.5 Å². The zero-order chi connectivity index (χ0) is 19.7. The molecule has 5 nitrogen and oxygen atoms in total. The lowest BCUT2D eigenvalue weighted by Crippen LogP contribution is -2.51. The first-order valence-corrected chi connectivity index (χ1v) is 9.94. The highest BCUT2D eigenvalue weighted by Crippen LogP contribution is 2.56. The summed E-state index contributed by atoms with van der Waals surface area (Å²) in [5.74, 6) is 1.46. The van der Waals surface area contributed by atoms with Gasteiger partial charge in [-0.05, 0) is 25.2 Å². The summed E-state index contributed by atoms with van der Waals surface area (Å²) in [5.41, 5.74) is 4.55. The number of nitrogens with zero attached hydrogens (tertiary/aromatic N) is 3. The zero-order valence-electron chi connectivity index (χ0n) is 16.8. The first-order valence-electron chi connectivity index (χ1n) is 9.94. The van der Waals surface area contributed by atoms with E-state index in [1.165, 1.54) is 0 Å². The van der Waals surface area contributed by atoms with Gasteiger partial charge in [0.15, 0.2) is 0 Å². The van der Waals surface area contributed by atoms with Gasteiger partial charge in [-0.3, -0.25) is 9.48 Å². The first-order chi connectivity index (χ1) is 13.3. The van der Waals surface area contributed by atoms with E-state index in [9.17, 15) is 4.79 Å². The van der Waals surface area contributed by atoms with E-state index in [4.69, 9.17) is 9.62 Å². The Kier molecular flexibility index (Phi) is 3.52. The van der Waals surface area contributed by atoms with Crippen molar-refractivity contribution in [3.63, 3.8) is 0 Å². The van der Waals surface area contributed by atoms with Gasteiger partial charge in [0.2, 0.25) is 5.78 Å². The van der Waals surface area contributed by atoms with Crippen LogP contribution in [0.5, 0.6) is 0 Å². The Balaban J connectivity index is 1.66. The third-order valence-corrected chi connectivity index (χ3v) is 7.05. The van der Waals surface area contributed by atoms with Crippen LogP contribution in [0.3, 0.4) is 0 Å². The summed E-state index contributed by atoms with van der Waals surface area (Å²) in [6.45, 7) is 6.81. The number of ketones is 1. The Morgan fingerprint density at radius 2 is 1.96 bits per heavy atom. The highest BCUT2D eigenvalue weighted by molar-refractivity contribution is 6.09. The van der Waals surface area contributed by atoms with E-state index in [0.29, 0.717) is 11.5 Å². The molecule has 2 atom stereocenters. The molecule has 0 unspecified atom stereocenters. The van der Waals surface area contributed by atoms with E-state index in [2.05, 4.69) is 25.9 Å². The molecule has 0 saturated heterocycles. The molecule has 0 spiro atoms. The van der Waals surface area contributed by atoms with Gasteiger partial charge in [0.25, 0.3) is 0 Å². The van der Waals surface area contributed by atoms with Crippen molar-refractivity contribution in [2.24, 2.45) is 13.0 Å². The topological polar surface area (TPSA) is 60.9 Å². The highest BCUT2D eigenvalue weighted by Gasteiger charge is 2.56. The van der Waals surface area contributed by atoms with Crippen LogP contribution in [0.25, 0.3) is 0 Å². The van der Waals surface area contributed by atoms with Gasteiger partial charge in [-0.2, -0.15) is 5.10 Å². The van der Waals surface area contributed by atoms with Crippen LogP contribution >= 0.6 is 0 Å². The maximum atomic E-state index is 13.3. The second kappa shape index (κ2) is 5.66. The average molecular weight is 375 g/mol. The van der Waals surface area contributed by atoms with Crippen LogP contribution in [-0.4, -0.2) is 20.7 Å². The second-order valence-electron chi connectivity index (χ2n) is 9.08. The quantitative estimate of drug-likeness (QED) is 0.636. The monoisotopic (exact) mass is 375 g/mol. The van der Waals surface area contributed by atoms with E-state index in [0.717, 1.165) is 47.5 Å². The van der Waals surface area contributed by atoms with Crippen molar-refractivity contribution < 1.29 is 9.32 Å². The van der Waals surface area contributed by atoms with Crippen LogP contribution in [0.2, 0.25) is 0 Å². The molecule has 0 radical (unpaired) electrons. The lowest BCUT2D eigenvalue weighted by molar-refractivity contribution is 0.102. The molecule has 1 aromatic carbocycles. The van der Waals surface area contributed by atoms with Gasteiger partial charge < -0.3 is 4.52 Å². The van der Waals surface area contributed by atoms with Gasteiger partial charge in [-0.15, -0.1) is 0 Å². The molecule has 2 aromatic heterocycles. The molecule has 2 aliphatic rings. The van der Waals surface area contributed by atoms with Gasteiger partial charge in [0, 0.05) is 34.6 Å². The standard InChI is InChI=1S/C23H25N3O2/c1-22(2)17-11-10-16-18(19(27)14-8-6-5-7-9-14)26(4)25-20(16)23(17,3)12-15-13-24-28-21(15)22/h5-9,13,17H,10-12H2,1-4H3/t17-,23-/m0/s1. The Morgan fingerprint density at radius 1 is 1.21 bits per heavy atom. The summed E-state index contributed by atoms with van der Waals surface area (Å²) < 4.78 is 7.44. The zero-order valence-corrected chi connectivity index (χ0v) is 16.8. The fourth-order valence-electron chi connectivity index (χ4n) is 5.88. The van der Waals surface area contributed by atoms with Crippen LogP contribution in [0.15, 0.2) is 41.1 Å². The first kappa shape index (κ1) is 17.4. The van der Waals surface area contributed by atoms with E-state index >= 15 is 0 Å². The Morgan fingerprint density at radius 3 is 2.71 bits per heavy atom. The molecule has 5 heteroatoms. The number of benzene rings is 1. The number of fused-ring (bicyclic) bond motifs is 4. The minimum atomic E-state index is -0.136. The molecule has 0 saturated carbocycles. The predicted octanol–water partition coefficient (Wildman–Crippen LogP) is 3.99. The smallest absolute Gasteiger partial charge is 0.211 e. The number of carbonyl (C=O) groups excluding carboxylic acids is 1. The molecule has 3 aromatic rings. The molecule has 0 aliphatic heterocycles. The second-order valence-corrected chi connectivity index (χ2v) is 9.08. The summed E-state index contributed by atoms with van der Waals surface area (Å²) in [4.78, 5) is 13.3. The molecule has 5 rings (SSSR count). The Hall–Kier alpha value is -2.69. The van der Waals surface area contributed by atoms with Crippen molar-refractivity contribution >= 4 is 5.78 Å². The molecule has 0 amide bonds. The molecule has 0 fully saturated rings. The lowest BCUT2D eigenvalue weighted by atomic mass is 9.51. The SMILES string of the molecule is Cn1nc2c(c1C(=O)c1ccccc1)CC[C@H]1C(C)(C)c3oncc3C[C@]21C. The van der Waals surface area contributed by atoms with Crippen molar-refractivity contribution in [3.8, 4) is 0 Å². The molecular weight excluding hydrogens is 350 g/mol. The van der Waals surface area contributed by atoms with Crippen LogP contribution in [0.1, 0.15) is 65.8 Å². The molecule has 28 heavy (non-hydrogen) atoms. The molecular formula is C23H25N3O2. The van der Waals surface area contributed by atoms with Crippen LogP contribution < -0.4 is 0 Å². The maximum Gasteiger partial charge on any atom is 0.211 e. The average Bonchev–Trinajstić information content (AvgIpc) is 3.26. The van der Waals surface area contributed by atoms with E-state index < -0.39 is 0 Å². The largest absolute Gasteiger partial charge is 0.361 e. The van der Waals surface area contributed by atoms with Crippen molar-refractivity contribution in [1.29, 1.82) is 0 Å². The molecule has 0 N–H and O–H groups in total. The van der Waals surface area contributed by atoms with Gasteiger partial charge in [-0.25, -0.2) is 0 Å².